The molecule has 3 nitrogen and oxygen atoms in total. The number of rotatable bonds is 7. The van der Waals surface area contributed by atoms with Gasteiger partial charge in [0.1, 0.15) is 5.75 Å². The van der Waals surface area contributed by atoms with E-state index in [-0.39, 0.29) is 11.2 Å². The topological polar surface area (TPSA) is 52.8 Å². The number of aromatic hydroxyl groups is 1. The summed E-state index contributed by atoms with van der Waals surface area (Å²) in [5.41, 5.74) is 1.79. The van der Waals surface area contributed by atoms with E-state index in [4.69, 9.17) is 5.21 Å². The first kappa shape index (κ1) is 15.5. The molecule has 0 aliphatic carbocycles. The van der Waals surface area contributed by atoms with Crippen LogP contribution in [0, 0.1) is 0 Å². The Bertz CT molecular complexity index is 425. The van der Waals surface area contributed by atoms with Gasteiger partial charge in [-0.1, -0.05) is 57.7 Å². The van der Waals surface area contributed by atoms with Crippen molar-refractivity contribution < 1.29 is 10.3 Å². The van der Waals surface area contributed by atoms with E-state index in [1.165, 1.54) is 31.9 Å². The van der Waals surface area contributed by atoms with Gasteiger partial charge in [-0.2, -0.15) is 0 Å². The number of benzene rings is 1. The largest absolute Gasteiger partial charge is 0.507 e. The second kappa shape index (κ2) is 7.17. The molecule has 0 aromatic heterocycles. The summed E-state index contributed by atoms with van der Waals surface area (Å²) < 4.78 is 0. The Balaban J connectivity index is 2.79. The molecule has 0 aliphatic heterocycles. The zero-order valence-electron chi connectivity index (χ0n) is 12.2. The van der Waals surface area contributed by atoms with Crippen LogP contribution in [0.1, 0.15) is 64.0 Å². The fraction of sp³-hybridized carbons (Fsp3) is 0.562. The third-order valence-electron chi connectivity index (χ3n) is 3.66. The summed E-state index contributed by atoms with van der Waals surface area (Å²) in [6, 6.07) is 5.51. The first-order chi connectivity index (χ1) is 9.01. The number of hydrogen-bond acceptors (Lipinski definition) is 3. The molecule has 0 saturated heterocycles. The molecule has 0 unspecified atom stereocenters. The number of hydrogen-bond donors (Lipinski definition) is 2. The SMILES string of the molecule is CCCCCCC(C)(C)c1ccc(O)c(/C=N/O)c1. The molecule has 0 amide bonds. The molecule has 3 heteroatoms. The van der Waals surface area contributed by atoms with Gasteiger partial charge < -0.3 is 10.3 Å². The van der Waals surface area contributed by atoms with Crippen LogP contribution in [0.3, 0.4) is 0 Å². The average Bonchev–Trinajstić information content (AvgIpc) is 2.37. The van der Waals surface area contributed by atoms with E-state index < -0.39 is 0 Å². The highest BCUT2D eigenvalue weighted by Gasteiger charge is 2.20. The average molecular weight is 263 g/mol. The lowest BCUT2D eigenvalue weighted by Gasteiger charge is -2.26. The minimum absolute atomic E-state index is 0.0689. The van der Waals surface area contributed by atoms with Crippen LogP contribution in [-0.2, 0) is 5.41 Å². The Morgan fingerprint density at radius 2 is 1.95 bits per heavy atom. The van der Waals surface area contributed by atoms with E-state index in [2.05, 4.69) is 25.9 Å². The van der Waals surface area contributed by atoms with Crippen LogP contribution < -0.4 is 0 Å². The molecule has 0 aliphatic rings. The van der Waals surface area contributed by atoms with Crippen molar-refractivity contribution in [3.8, 4) is 5.75 Å². The molecule has 0 atom stereocenters. The maximum Gasteiger partial charge on any atom is 0.124 e. The number of phenolic OH excluding ortho intramolecular Hbond substituents is 1. The molecule has 1 aromatic rings. The minimum atomic E-state index is 0.0689. The van der Waals surface area contributed by atoms with Gasteiger partial charge in [-0.25, -0.2) is 0 Å². The quantitative estimate of drug-likeness (QED) is 0.330. The number of phenols is 1. The van der Waals surface area contributed by atoms with Gasteiger partial charge in [0.15, 0.2) is 0 Å². The number of unbranched alkanes of at least 4 members (excludes halogenated alkanes) is 3. The third-order valence-corrected chi connectivity index (χ3v) is 3.66. The van der Waals surface area contributed by atoms with Crippen molar-refractivity contribution in [2.45, 2.75) is 58.3 Å². The van der Waals surface area contributed by atoms with Gasteiger partial charge in [-0.05, 0) is 29.5 Å². The van der Waals surface area contributed by atoms with Gasteiger partial charge in [0.05, 0.1) is 6.21 Å². The van der Waals surface area contributed by atoms with Gasteiger partial charge >= 0.3 is 0 Å². The van der Waals surface area contributed by atoms with Crippen LogP contribution in [-0.4, -0.2) is 16.5 Å². The van der Waals surface area contributed by atoms with Gasteiger partial charge in [-0.3, -0.25) is 0 Å². The summed E-state index contributed by atoms with van der Waals surface area (Å²) in [5.74, 6) is 0.142. The van der Waals surface area contributed by atoms with Crippen LogP contribution in [0.25, 0.3) is 0 Å². The Morgan fingerprint density at radius 1 is 1.21 bits per heavy atom. The fourth-order valence-electron chi connectivity index (χ4n) is 2.28. The van der Waals surface area contributed by atoms with Crippen LogP contribution in [0.5, 0.6) is 5.75 Å². The molecule has 0 heterocycles. The predicted octanol–water partition coefficient (Wildman–Crippen LogP) is 4.45. The molecule has 106 valence electrons. The molecule has 0 bridgehead atoms. The first-order valence-corrected chi connectivity index (χ1v) is 7.02. The molecule has 0 saturated carbocycles. The summed E-state index contributed by atoms with van der Waals surface area (Å²) in [4.78, 5) is 0. The van der Waals surface area contributed by atoms with Gasteiger partial charge in [0.2, 0.25) is 0 Å². The van der Waals surface area contributed by atoms with E-state index in [0.717, 1.165) is 12.0 Å². The normalized spacial score (nSPS) is 12.2. The first-order valence-electron chi connectivity index (χ1n) is 7.02. The number of oxime groups is 1. The van der Waals surface area contributed by atoms with Crippen molar-refractivity contribution in [3.63, 3.8) is 0 Å². The summed E-state index contributed by atoms with van der Waals surface area (Å²) in [7, 11) is 0. The van der Waals surface area contributed by atoms with Crippen molar-refractivity contribution in [1.29, 1.82) is 0 Å². The lowest BCUT2D eigenvalue weighted by Crippen LogP contribution is -2.17. The van der Waals surface area contributed by atoms with E-state index >= 15 is 0 Å². The van der Waals surface area contributed by atoms with E-state index in [0.29, 0.717) is 5.56 Å². The smallest absolute Gasteiger partial charge is 0.124 e. The Kier molecular flexibility index (Phi) is 5.87. The van der Waals surface area contributed by atoms with Crippen molar-refractivity contribution in [3.05, 3.63) is 29.3 Å². The van der Waals surface area contributed by atoms with E-state index in [1.54, 1.807) is 6.07 Å². The Hall–Kier alpha value is -1.51. The van der Waals surface area contributed by atoms with E-state index in [1.807, 2.05) is 12.1 Å². The third kappa shape index (κ3) is 4.58. The molecule has 19 heavy (non-hydrogen) atoms. The molecular formula is C16H25NO2. The number of nitrogens with zero attached hydrogens (tertiary/aromatic N) is 1. The van der Waals surface area contributed by atoms with Gasteiger partial charge in [-0.15, -0.1) is 0 Å². The second-order valence-electron chi connectivity index (χ2n) is 5.71. The van der Waals surface area contributed by atoms with Crippen LogP contribution >= 0.6 is 0 Å². The summed E-state index contributed by atoms with van der Waals surface area (Å²) in [5, 5.41) is 21.3. The van der Waals surface area contributed by atoms with Crippen molar-refractivity contribution in [1.82, 2.24) is 0 Å². The molecule has 0 spiro atoms. The lowest BCUT2D eigenvalue weighted by atomic mass is 9.79. The second-order valence-corrected chi connectivity index (χ2v) is 5.71. The van der Waals surface area contributed by atoms with Crippen molar-refractivity contribution in [2.75, 3.05) is 0 Å². The summed E-state index contributed by atoms with van der Waals surface area (Å²) in [6.07, 6.45) is 7.40. The minimum Gasteiger partial charge on any atom is -0.507 e. The van der Waals surface area contributed by atoms with Gasteiger partial charge in [0, 0.05) is 5.56 Å². The summed E-state index contributed by atoms with van der Waals surface area (Å²) >= 11 is 0. The highest BCUT2D eigenvalue weighted by Crippen LogP contribution is 2.31. The standard InChI is InChI=1S/C16H25NO2/c1-4-5-6-7-10-16(2,3)14-8-9-15(18)13(11-14)12-17-19/h8-9,11-12,18-19H,4-7,10H2,1-3H3/b17-12+. The fourth-order valence-corrected chi connectivity index (χ4v) is 2.28. The molecule has 0 fully saturated rings. The van der Waals surface area contributed by atoms with Crippen molar-refractivity contribution in [2.24, 2.45) is 5.16 Å². The maximum atomic E-state index is 9.68. The lowest BCUT2D eigenvalue weighted by molar-refractivity contribution is 0.321. The van der Waals surface area contributed by atoms with Crippen LogP contribution in [0.15, 0.2) is 23.4 Å². The monoisotopic (exact) mass is 263 g/mol. The zero-order chi connectivity index (χ0) is 14.3. The van der Waals surface area contributed by atoms with Crippen molar-refractivity contribution >= 4 is 6.21 Å². The molecule has 2 N–H and O–H groups in total. The summed E-state index contributed by atoms with van der Waals surface area (Å²) in [6.45, 7) is 6.64. The van der Waals surface area contributed by atoms with Crippen LogP contribution in [0.2, 0.25) is 0 Å². The Morgan fingerprint density at radius 3 is 2.58 bits per heavy atom. The molecule has 1 aromatic carbocycles. The Labute approximate surface area is 116 Å². The van der Waals surface area contributed by atoms with E-state index in [9.17, 15) is 5.11 Å². The molecule has 0 radical (unpaired) electrons. The molecular weight excluding hydrogens is 238 g/mol. The van der Waals surface area contributed by atoms with Crippen LogP contribution in [0.4, 0.5) is 0 Å². The highest BCUT2D eigenvalue weighted by molar-refractivity contribution is 5.83. The zero-order valence-corrected chi connectivity index (χ0v) is 12.2. The highest BCUT2D eigenvalue weighted by atomic mass is 16.4. The van der Waals surface area contributed by atoms with Gasteiger partial charge in [0.25, 0.3) is 0 Å². The maximum absolute atomic E-state index is 9.68. The molecule has 1 rings (SSSR count). The predicted molar refractivity (Wildman–Crippen MR) is 79.3 cm³/mol.